The van der Waals surface area contributed by atoms with Gasteiger partial charge in [-0.2, -0.15) is 5.53 Å². The van der Waals surface area contributed by atoms with Crippen molar-refractivity contribution in [3.63, 3.8) is 0 Å². The van der Waals surface area contributed by atoms with Crippen molar-refractivity contribution >= 4 is 46.8 Å². The summed E-state index contributed by atoms with van der Waals surface area (Å²) in [7, 11) is 1.49. The summed E-state index contributed by atoms with van der Waals surface area (Å²) in [6, 6.07) is 14.4. The number of likely N-dealkylation sites (N-methyl/N-ethyl adjacent to an activating group) is 1. The van der Waals surface area contributed by atoms with Gasteiger partial charge in [0.25, 0.3) is 0 Å². The fourth-order valence-corrected chi connectivity index (χ4v) is 6.37. The van der Waals surface area contributed by atoms with Crippen LogP contribution in [0.1, 0.15) is 51.8 Å². The van der Waals surface area contributed by atoms with E-state index in [2.05, 4.69) is 48.4 Å². The SMILES string of the molecule is CC(C)SC(CCC(=O)Nc1cccc(CON=C(C(=N)N(C)N=N)c2ccccc2)n1)SC(C)C. The van der Waals surface area contributed by atoms with Crippen LogP contribution in [-0.2, 0) is 16.2 Å². The summed E-state index contributed by atoms with van der Waals surface area (Å²) >= 11 is 3.79. The lowest BCUT2D eigenvalue weighted by Crippen LogP contribution is -2.29. The summed E-state index contributed by atoms with van der Waals surface area (Å²) in [4.78, 5) is 22.5. The molecule has 1 aromatic carbocycles. The minimum absolute atomic E-state index is 0.0488. The van der Waals surface area contributed by atoms with E-state index in [1.807, 2.05) is 41.7 Å². The lowest BCUT2D eigenvalue weighted by molar-refractivity contribution is -0.116. The first-order valence-electron chi connectivity index (χ1n) is 11.7. The lowest BCUT2D eigenvalue weighted by Gasteiger charge is -2.20. The van der Waals surface area contributed by atoms with E-state index in [-0.39, 0.29) is 24.1 Å². The predicted octanol–water partition coefficient (Wildman–Crippen LogP) is 6.19. The van der Waals surface area contributed by atoms with Gasteiger partial charge in [0.2, 0.25) is 5.91 Å². The third-order valence-corrected chi connectivity index (χ3v) is 7.48. The third-order valence-electron chi connectivity index (χ3n) is 4.64. The van der Waals surface area contributed by atoms with Gasteiger partial charge in [-0.15, -0.1) is 23.5 Å². The highest BCUT2D eigenvalue weighted by molar-refractivity contribution is 8.17. The van der Waals surface area contributed by atoms with Crippen LogP contribution in [0.25, 0.3) is 0 Å². The number of hydrogen-bond acceptors (Lipinski definition) is 9. The summed E-state index contributed by atoms with van der Waals surface area (Å²) in [5.41, 5.74) is 8.65. The van der Waals surface area contributed by atoms with Gasteiger partial charge in [0.1, 0.15) is 5.82 Å². The molecular weight excluding hydrogens is 494 g/mol. The molecule has 0 saturated carbocycles. The van der Waals surface area contributed by atoms with Crippen LogP contribution in [0.2, 0.25) is 0 Å². The average molecular weight is 530 g/mol. The highest BCUT2D eigenvalue weighted by Crippen LogP contribution is 2.33. The molecule has 0 spiro atoms. The van der Waals surface area contributed by atoms with Crippen LogP contribution in [-0.4, -0.2) is 49.6 Å². The average Bonchev–Trinajstić information content (AvgIpc) is 2.84. The minimum Gasteiger partial charge on any atom is -0.389 e. The van der Waals surface area contributed by atoms with Crippen LogP contribution in [0.4, 0.5) is 5.82 Å². The van der Waals surface area contributed by atoms with Crippen molar-refractivity contribution in [2.75, 3.05) is 12.4 Å². The quantitative estimate of drug-likeness (QED) is 0.0881. The molecule has 2 rings (SSSR count). The second-order valence-corrected chi connectivity index (χ2v) is 12.3. The molecule has 0 unspecified atom stereocenters. The molecule has 1 heterocycles. The number of thioether (sulfide) groups is 2. The van der Waals surface area contributed by atoms with E-state index in [9.17, 15) is 4.79 Å². The smallest absolute Gasteiger partial charge is 0.225 e. The van der Waals surface area contributed by atoms with Crippen molar-refractivity contribution in [3.8, 4) is 0 Å². The number of benzene rings is 1. The minimum atomic E-state index is -0.0743. The largest absolute Gasteiger partial charge is 0.389 e. The molecule has 2 aromatic rings. The molecule has 0 aliphatic rings. The number of oxime groups is 1. The van der Waals surface area contributed by atoms with E-state index in [1.54, 1.807) is 30.3 Å². The van der Waals surface area contributed by atoms with Crippen molar-refractivity contribution in [1.82, 2.24) is 9.99 Å². The fraction of sp³-hybridized carbons (Fsp3) is 0.440. The van der Waals surface area contributed by atoms with E-state index in [0.717, 1.165) is 11.4 Å². The van der Waals surface area contributed by atoms with Gasteiger partial charge in [0.05, 0.1) is 10.3 Å². The van der Waals surface area contributed by atoms with Crippen molar-refractivity contribution in [3.05, 3.63) is 59.8 Å². The summed E-state index contributed by atoms with van der Waals surface area (Å²) in [5.74, 6) is 0.312. The van der Waals surface area contributed by atoms with Crippen LogP contribution >= 0.6 is 23.5 Å². The van der Waals surface area contributed by atoms with Crippen LogP contribution in [0.3, 0.4) is 0 Å². The number of pyridine rings is 1. The van der Waals surface area contributed by atoms with Gasteiger partial charge in [-0.3, -0.25) is 10.2 Å². The van der Waals surface area contributed by atoms with Crippen LogP contribution in [0.5, 0.6) is 0 Å². The number of amidine groups is 1. The van der Waals surface area contributed by atoms with Crippen molar-refractivity contribution < 1.29 is 9.63 Å². The molecule has 0 radical (unpaired) electrons. The zero-order chi connectivity index (χ0) is 26.5. The molecule has 1 aromatic heterocycles. The number of carbonyl (C=O) groups excluding carboxylic acids is 1. The molecule has 0 saturated heterocycles. The Morgan fingerprint density at radius 1 is 1.08 bits per heavy atom. The summed E-state index contributed by atoms with van der Waals surface area (Å²) in [6.45, 7) is 8.75. The van der Waals surface area contributed by atoms with Gasteiger partial charge in [-0.25, -0.2) is 9.99 Å². The summed E-state index contributed by atoms with van der Waals surface area (Å²) < 4.78 is 0.376. The van der Waals surface area contributed by atoms with Crippen LogP contribution in [0.15, 0.2) is 58.9 Å². The topological polar surface area (TPSA) is 127 Å². The Kier molecular flexibility index (Phi) is 12.4. The number of hydrogen-bond donors (Lipinski definition) is 3. The number of rotatable bonds is 14. The van der Waals surface area contributed by atoms with Crippen molar-refractivity contribution in [2.24, 2.45) is 10.4 Å². The molecule has 11 heteroatoms. The monoisotopic (exact) mass is 529 g/mol. The molecule has 0 aliphatic heterocycles. The Hall–Kier alpha value is -2.92. The summed E-state index contributed by atoms with van der Waals surface area (Å²) in [5, 5.41) is 20.6. The zero-order valence-electron chi connectivity index (χ0n) is 21.4. The second kappa shape index (κ2) is 15.2. The number of aromatic nitrogens is 1. The Balaban J connectivity index is 1.99. The highest BCUT2D eigenvalue weighted by Gasteiger charge is 2.17. The van der Waals surface area contributed by atoms with Gasteiger partial charge < -0.3 is 10.2 Å². The molecule has 1 amide bonds. The van der Waals surface area contributed by atoms with E-state index in [0.29, 0.717) is 38.6 Å². The lowest BCUT2D eigenvalue weighted by atomic mass is 10.1. The Morgan fingerprint density at radius 3 is 2.36 bits per heavy atom. The second-order valence-electron chi connectivity index (χ2n) is 8.45. The van der Waals surface area contributed by atoms with E-state index < -0.39 is 0 Å². The fourth-order valence-electron chi connectivity index (χ4n) is 3.05. The molecule has 0 aliphatic carbocycles. The van der Waals surface area contributed by atoms with Gasteiger partial charge in [0, 0.05) is 29.5 Å². The molecular formula is C25H35N7O2S2. The van der Waals surface area contributed by atoms with Crippen molar-refractivity contribution in [1.29, 1.82) is 10.9 Å². The highest BCUT2D eigenvalue weighted by atomic mass is 32.2. The normalized spacial score (nSPS) is 11.6. The number of nitrogens with one attached hydrogen (secondary N) is 3. The first-order chi connectivity index (χ1) is 17.2. The molecule has 36 heavy (non-hydrogen) atoms. The van der Waals surface area contributed by atoms with Gasteiger partial charge in [0.15, 0.2) is 18.2 Å². The first-order valence-corrected chi connectivity index (χ1v) is 13.6. The maximum absolute atomic E-state index is 12.6. The maximum Gasteiger partial charge on any atom is 0.225 e. The van der Waals surface area contributed by atoms with Gasteiger partial charge in [-0.1, -0.05) is 74.5 Å². The van der Waals surface area contributed by atoms with E-state index in [4.69, 9.17) is 15.8 Å². The standard InChI is InChI=1S/C25H35N7O2S2/c1-17(2)35-23(36-18(3)4)15-14-22(33)29-21-13-9-12-20(28-21)16-34-30-24(25(26)32(5)31-27)19-10-7-6-8-11-19/h6-13,17-18,23,26-27H,14-16H2,1-5H3,(H,28,29,33). The molecule has 9 nitrogen and oxygen atoms in total. The summed E-state index contributed by atoms with van der Waals surface area (Å²) in [6.07, 6.45) is 1.22. The van der Waals surface area contributed by atoms with E-state index >= 15 is 0 Å². The molecule has 0 fully saturated rings. The number of nitrogens with zero attached hydrogens (tertiary/aromatic N) is 4. The predicted molar refractivity (Wildman–Crippen MR) is 150 cm³/mol. The Bertz CT molecular complexity index is 1020. The van der Waals surface area contributed by atoms with E-state index in [1.165, 1.54) is 7.05 Å². The number of amides is 1. The Labute approximate surface area is 221 Å². The molecule has 0 bridgehead atoms. The maximum atomic E-state index is 12.6. The number of anilines is 1. The molecule has 0 atom stereocenters. The first kappa shape index (κ1) is 29.3. The van der Waals surface area contributed by atoms with Gasteiger partial charge in [-0.05, 0) is 18.6 Å². The Morgan fingerprint density at radius 2 is 1.75 bits per heavy atom. The van der Waals surface area contributed by atoms with Crippen LogP contribution < -0.4 is 5.32 Å². The zero-order valence-corrected chi connectivity index (χ0v) is 23.0. The molecule has 3 N–H and O–H groups in total. The number of carbonyl (C=O) groups is 1. The van der Waals surface area contributed by atoms with Crippen LogP contribution in [0, 0.1) is 10.9 Å². The third kappa shape index (κ3) is 10.4. The van der Waals surface area contributed by atoms with Crippen molar-refractivity contribution in [2.45, 2.75) is 62.2 Å². The molecule has 194 valence electrons. The van der Waals surface area contributed by atoms with Gasteiger partial charge >= 0.3 is 0 Å².